The molecule has 0 rings (SSSR count). The number of nitrogens with one attached hydrogen (secondary N) is 8. The molecule has 0 fully saturated rings. The number of amides is 9. The Morgan fingerprint density at radius 3 is 0.889 bits per heavy atom. The Kier molecular flexibility index (Phi) is 41.4. The molecule has 0 bridgehead atoms. The van der Waals surface area contributed by atoms with Gasteiger partial charge in [0.15, 0.2) is 29.8 Å². The van der Waals surface area contributed by atoms with Crippen molar-refractivity contribution < 1.29 is 58.2 Å². The lowest BCUT2D eigenvalue weighted by Crippen LogP contribution is -2.62. The van der Waals surface area contributed by atoms with E-state index < -0.39 is 132 Å². The number of rotatable bonds is 49. The number of primary amides is 1. The van der Waals surface area contributed by atoms with E-state index in [9.17, 15) is 58.2 Å². The Morgan fingerprint density at radius 2 is 0.600 bits per heavy atom. The largest absolute Gasteiger partial charge is 0.480 e. The van der Waals surface area contributed by atoms with Gasteiger partial charge in [-0.1, -0.05) is 0 Å². The standard InChI is InChI=1S/C51H101N27O12/c1-27(79)37(78-44(87)30(13-3-5-21-53)72-39(82)29(12-2-4-20-52)71-38(81)28(54)11-6-22-66-47(56)57)45(88)76-33(16-9-25-69-50(62)63)41(84)75-34(18-19-36(55)80)43(86)74-31(14-7-23-67-48(58)59)40(83)73-32(15-8-24-68-49(60)61)42(85)77-35(46(89)90)17-10-26-70-51(64)65/h27-35,37,79H,2-26,52-54H2,1H3,(H2,55,80)(H,71,81)(H,72,82)(H,73,83)(H,74,86)(H,75,84)(H,76,88)(H,77,85)(H,78,87)(H,89,90)(H4,56,57,66)(H4,58,59,67)(H4,60,61,68)(H4,62,63,69)(H4,64,65,70)/t27-,28-,29+,30+,31+,32+,33-,34+,35-,37+/m1/s1. The maximum atomic E-state index is 14.4. The lowest BCUT2D eigenvalue weighted by Gasteiger charge is -2.29. The normalized spacial score (nSPS) is 14.1. The molecule has 0 saturated carbocycles. The van der Waals surface area contributed by atoms with E-state index >= 15 is 0 Å². The summed E-state index contributed by atoms with van der Waals surface area (Å²) in [6.07, 6.45) is -1.16. The minimum absolute atomic E-state index is 0.00879. The summed E-state index contributed by atoms with van der Waals surface area (Å²) in [7, 11) is 0. The number of unbranched alkanes of at least 4 members (excludes halogenated alkanes) is 2. The summed E-state index contributed by atoms with van der Waals surface area (Å²) < 4.78 is 0. The smallest absolute Gasteiger partial charge is 0.326 e. The number of nitrogens with two attached hydrogens (primary N) is 14. The Morgan fingerprint density at radius 1 is 0.344 bits per heavy atom. The maximum Gasteiger partial charge on any atom is 0.326 e. The van der Waals surface area contributed by atoms with Gasteiger partial charge in [0.1, 0.15) is 48.3 Å². The molecule has 0 aliphatic heterocycles. The first-order chi connectivity index (χ1) is 42.4. The molecule has 90 heavy (non-hydrogen) atoms. The average molecular weight is 1280 g/mol. The highest BCUT2D eigenvalue weighted by Gasteiger charge is 2.36. The van der Waals surface area contributed by atoms with Crippen molar-refractivity contribution in [3.05, 3.63) is 0 Å². The molecule has 0 radical (unpaired) electrons. The van der Waals surface area contributed by atoms with E-state index in [1.165, 1.54) is 0 Å². The first kappa shape index (κ1) is 80.9. The molecule has 0 aromatic carbocycles. The molecule has 10 atom stereocenters. The van der Waals surface area contributed by atoms with Crippen LogP contribution >= 0.6 is 0 Å². The van der Waals surface area contributed by atoms with E-state index in [4.69, 9.17) is 80.3 Å². The van der Waals surface area contributed by atoms with Crippen molar-refractivity contribution >= 4 is 88.9 Å². The van der Waals surface area contributed by atoms with Gasteiger partial charge < -0.3 is 133 Å². The molecule has 0 saturated heterocycles. The van der Waals surface area contributed by atoms with Crippen molar-refractivity contribution in [3.8, 4) is 0 Å². The van der Waals surface area contributed by atoms with Crippen LogP contribution in [0.1, 0.15) is 122 Å². The van der Waals surface area contributed by atoms with E-state index in [0.717, 1.165) is 6.92 Å². The summed E-state index contributed by atoms with van der Waals surface area (Å²) in [5.41, 5.74) is 77.5. The summed E-state index contributed by atoms with van der Waals surface area (Å²) in [6, 6.07) is -13.3. The number of guanidine groups is 5. The number of nitrogens with zero attached hydrogens (tertiary/aromatic N) is 5. The molecular formula is C51H101N27O12. The number of hydrogen-bond donors (Lipinski definition) is 24. The molecule has 0 aliphatic rings. The van der Waals surface area contributed by atoms with Crippen LogP contribution in [0.25, 0.3) is 0 Å². The Labute approximate surface area is 522 Å². The summed E-state index contributed by atoms with van der Waals surface area (Å²) in [5, 5.41) is 41.0. The summed E-state index contributed by atoms with van der Waals surface area (Å²) in [6.45, 7) is 1.70. The zero-order chi connectivity index (χ0) is 68.3. The van der Waals surface area contributed by atoms with Gasteiger partial charge in [-0.2, -0.15) is 0 Å². The Hall–Kier alpha value is -9.11. The summed E-state index contributed by atoms with van der Waals surface area (Å²) in [5.74, 6) is -11.3. The molecular weight excluding hydrogens is 1180 g/mol. The van der Waals surface area contributed by atoms with Crippen LogP contribution in [-0.2, 0) is 47.9 Å². The maximum absolute atomic E-state index is 14.4. The third-order valence-corrected chi connectivity index (χ3v) is 13.1. The molecule has 0 aromatic heterocycles. The van der Waals surface area contributed by atoms with Gasteiger partial charge in [-0.3, -0.25) is 68.1 Å². The average Bonchev–Trinajstić information content (AvgIpc) is 1.54. The molecule has 0 aliphatic carbocycles. The number of hydrogen-bond acceptors (Lipinski definition) is 19. The Balaban J connectivity index is 7.19. The molecule has 39 nitrogen and oxygen atoms in total. The summed E-state index contributed by atoms with van der Waals surface area (Å²) in [4.78, 5) is 156. The SMILES string of the molecule is C[C@@H](O)[C@H](NC(=O)[C@H](CCCCN)NC(=O)[C@H](CCCCN)NC(=O)[C@H](N)CCCN=C(N)N)C(=O)N[C@H](CCCN=C(N)N)C(=O)N[C@@H](CCC(N)=O)C(=O)N[C@@H](CCCN=C(N)N)C(=O)N[C@@H](CCCN=C(N)N)C(=O)N[C@H](CCCN=C(N)N)C(=O)O. The van der Waals surface area contributed by atoms with Gasteiger partial charge in [-0.15, -0.1) is 0 Å². The highest BCUT2D eigenvalue weighted by atomic mass is 16.4. The van der Waals surface area contributed by atoms with Gasteiger partial charge in [-0.05, 0) is 129 Å². The van der Waals surface area contributed by atoms with Crippen LogP contribution in [-0.4, -0.2) is 205 Å². The number of aliphatic imine (C=N–C) groups is 5. The predicted octanol–water partition coefficient (Wildman–Crippen LogP) is -10.6. The lowest BCUT2D eigenvalue weighted by atomic mass is 10.0. The van der Waals surface area contributed by atoms with Crippen LogP contribution in [0.2, 0.25) is 0 Å². The highest BCUT2D eigenvalue weighted by molar-refractivity contribution is 5.98. The van der Waals surface area contributed by atoms with Crippen LogP contribution in [0.3, 0.4) is 0 Å². The first-order valence-corrected chi connectivity index (χ1v) is 29.5. The minimum Gasteiger partial charge on any atom is -0.480 e. The van der Waals surface area contributed by atoms with Gasteiger partial charge in [0.2, 0.25) is 53.2 Å². The van der Waals surface area contributed by atoms with Crippen molar-refractivity contribution in [2.24, 2.45) is 105 Å². The molecule has 9 amide bonds. The first-order valence-electron chi connectivity index (χ1n) is 29.5. The van der Waals surface area contributed by atoms with E-state index in [1.807, 2.05) is 0 Å². The predicted molar refractivity (Wildman–Crippen MR) is 337 cm³/mol. The van der Waals surface area contributed by atoms with Crippen LogP contribution in [0.15, 0.2) is 25.0 Å². The fourth-order valence-electron chi connectivity index (χ4n) is 8.37. The van der Waals surface area contributed by atoms with Crippen molar-refractivity contribution in [1.29, 1.82) is 0 Å². The van der Waals surface area contributed by atoms with Gasteiger partial charge in [0.25, 0.3) is 0 Å². The second-order valence-corrected chi connectivity index (χ2v) is 20.9. The number of carboxylic acid groups (broad SMARTS) is 1. The van der Waals surface area contributed by atoms with Crippen molar-refractivity contribution in [2.45, 2.75) is 183 Å². The number of aliphatic carboxylic acids is 1. The van der Waals surface area contributed by atoms with E-state index in [-0.39, 0.29) is 153 Å². The number of carboxylic acids is 1. The zero-order valence-corrected chi connectivity index (χ0v) is 51.2. The third kappa shape index (κ3) is 37.6. The fourth-order valence-corrected chi connectivity index (χ4v) is 8.37. The van der Waals surface area contributed by atoms with Gasteiger partial charge in [0, 0.05) is 39.1 Å². The van der Waals surface area contributed by atoms with E-state index in [2.05, 4.69) is 67.5 Å². The molecule has 512 valence electrons. The van der Waals surface area contributed by atoms with Gasteiger partial charge >= 0.3 is 5.97 Å². The number of aliphatic hydroxyl groups excluding tert-OH is 1. The second-order valence-electron chi connectivity index (χ2n) is 20.9. The van der Waals surface area contributed by atoms with Crippen LogP contribution in [0, 0.1) is 0 Å². The molecule has 39 heteroatoms. The third-order valence-electron chi connectivity index (χ3n) is 13.1. The quantitative estimate of drug-likeness (QED) is 0.0153. The van der Waals surface area contributed by atoms with Crippen LogP contribution in [0.5, 0.6) is 0 Å². The number of aliphatic hydroxyl groups is 1. The molecule has 0 spiro atoms. The van der Waals surface area contributed by atoms with Crippen molar-refractivity contribution in [3.63, 3.8) is 0 Å². The zero-order valence-electron chi connectivity index (χ0n) is 51.2. The second kappa shape index (κ2) is 46.1. The van der Waals surface area contributed by atoms with Crippen LogP contribution < -0.4 is 123 Å². The molecule has 38 N–H and O–H groups in total. The van der Waals surface area contributed by atoms with E-state index in [0.29, 0.717) is 25.7 Å². The lowest BCUT2D eigenvalue weighted by molar-refractivity contribution is -0.142. The van der Waals surface area contributed by atoms with Gasteiger partial charge in [0.05, 0.1) is 12.1 Å². The van der Waals surface area contributed by atoms with Gasteiger partial charge in [-0.25, -0.2) is 4.79 Å². The summed E-state index contributed by atoms with van der Waals surface area (Å²) >= 11 is 0. The molecule has 0 unspecified atom stereocenters. The fraction of sp³-hybridized carbons (Fsp3) is 0.706. The molecule has 0 heterocycles. The van der Waals surface area contributed by atoms with Crippen molar-refractivity contribution in [2.75, 3.05) is 45.8 Å². The van der Waals surface area contributed by atoms with Crippen molar-refractivity contribution in [1.82, 2.24) is 42.5 Å². The van der Waals surface area contributed by atoms with E-state index in [1.54, 1.807) is 0 Å². The number of carbonyl (C=O) groups excluding carboxylic acids is 9. The monoisotopic (exact) mass is 1280 g/mol. The topological polar surface area (TPSA) is 733 Å². The highest BCUT2D eigenvalue weighted by Crippen LogP contribution is 2.12. The molecule has 0 aromatic rings. The number of carbonyl (C=O) groups is 10. The Bertz CT molecular complexity index is 2430. The van der Waals surface area contributed by atoms with Crippen LogP contribution in [0.4, 0.5) is 0 Å². The minimum atomic E-state index is -1.83.